The molecule has 0 spiro atoms. The molecule has 0 atom stereocenters. The summed E-state index contributed by atoms with van der Waals surface area (Å²) in [6.07, 6.45) is 0. The SMILES string of the molecule is C[N+](C)(C)CCOP=O.[BaH2]. The van der Waals surface area contributed by atoms with Crippen LogP contribution in [0.5, 0.6) is 0 Å². The Kier molecular flexibility index (Phi) is 10.3. The number of quaternary nitrogens is 1. The van der Waals surface area contributed by atoms with Crippen LogP contribution in [0, 0.1) is 0 Å². The average Bonchev–Trinajstić information content (AvgIpc) is 1.63. The summed E-state index contributed by atoms with van der Waals surface area (Å²) < 4.78 is 15.2. The number of hydrogen-bond acceptors (Lipinski definition) is 2. The van der Waals surface area contributed by atoms with E-state index in [-0.39, 0.29) is 57.6 Å². The molecule has 0 bridgehead atoms. The molecule has 0 aromatic rings. The molecule has 0 saturated carbocycles. The Morgan fingerprint density at radius 1 is 1.40 bits per heavy atom. The predicted octanol–water partition coefficient (Wildman–Crippen LogP) is -0.000300. The van der Waals surface area contributed by atoms with Gasteiger partial charge in [-0.15, -0.1) is 0 Å². The summed E-state index contributed by atoms with van der Waals surface area (Å²) in [6.45, 7) is 1.43. The van der Waals surface area contributed by atoms with Crippen LogP contribution in [0.4, 0.5) is 0 Å². The van der Waals surface area contributed by atoms with Gasteiger partial charge < -0.3 is 4.48 Å². The van der Waals surface area contributed by atoms with Crippen molar-refractivity contribution in [3.8, 4) is 0 Å². The van der Waals surface area contributed by atoms with Gasteiger partial charge in [0.2, 0.25) is 0 Å². The molecule has 0 heterocycles. The molecule has 0 aliphatic rings. The van der Waals surface area contributed by atoms with Gasteiger partial charge >= 0.3 is 57.6 Å². The number of rotatable bonds is 4. The van der Waals surface area contributed by atoms with E-state index in [1.54, 1.807) is 0 Å². The molecular weight excluding hydrogens is 274 g/mol. The summed E-state index contributed by atoms with van der Waals surface area (Å²) in [5.41, 5.74) is 0. The monoisotopic (exact) mass is 290 g/mol. The van der Waals surface area contributed by atoms with Gasteiger partial charge in [0.05, 0.1) is 21.1 Å². The van der Waals surface area contributed by atoms with Gasteiger partial charge in [0, 0.05) is 0 Å². The maximum absolute atomic E-state index is 9.76. The molecule has 5 heteroatoms. The normalized spacial score (nSPS) is 11.1. The fraction of sp³-hybridized carbons (Fsp3) is 1.00. The summed E-state index contributed by atoms with van der Waals surface area (Å²) in [5, 5.41) is 0. The molecule has 0 radical (unpaired) electrons. The third kappa shape index (κ3) is 12.3. The van der Waals surface area contributed by atoms with Gasteiger partial charge in [-0.3, -0.25) is 4.52 Å². The summed E-state index contributed by atoms with van der Waals surface area (Å²) in [7, 11) is 5.96. The molecular formula is C5H15BaNO2P+. The van der Waals surface area contributed by atoms with Gasteiger partial charge in [-0.05, 0) is 0 Å². The van der Waals surface area contributed by atoms with Crippen molar-refractivity contribution in [1.82, 2.24) is 0 Å². The van der Waals surface area contributed by atoms with Gasteiger partial charge in [0.15, 0.2) is 0 Å². The predicted molar refractivity (Wildman–Crippen MR) is 45.0 cm³/mol. The van der Waals surface area contributed by atoms with Crippen LogP contribution in [0.1, 0.15) is 0 Å². The van der Waals surface area contributed by atoms with Gasteiger partial charge in [0.1, 0.15) is 13.2 Å². The minimum atomic E-state index is -0.217. The molecule has 0 rings (SSSR count). The molecule has 0 fully saturated rings. The summed E-state index contributed by atoms with van der Waals surface area (Å²) in [5.74, 6) is 0. The fourth-order valence-corrected chi connectivity index (χ4v) is 0.508. The number of nitrogens with zero attached hydrogens (tertiary/aromatic N) is 1. The molecule has 0 unspecified atom stereocenters. The van der Waals surface area contributed by atoms with Crippen molar-refractivity contribution in [2.24, 2.45) is 0 Å². The Morgan fingerprint density at radius 3 is 2.20 bits per heavy atom. The molecule has 0 N–H and O–H groups in total. The van der Waals surface area contributed by atoms with Gasteiger partial charge in [0.25, 0.3) is 0 Å². The number of hydrogen-bond donors (Lipinski definition) is 0. The van der Waals surface area contributed by atoms with Gasteiger partial charge in [-0.1, -0.05) is 0 Å². The van der Waals surface area contributed by atoms with Crippen LogP contribution in [0.3, 0.4) is 0 Å². The van der Waals surface area contributed by atoms with Crippen LogP contribution in [-0.4, -0.2) is 87.7 Å². The zero-order valence-electron chi connectivity index (χ0n) is 6.13. The van der Waals surface area contributed by atoms with Crippen molar-refractivity contribution in [1.29, 1.82) is 0 Å². The molecule has 0 amide bonds. The van der Waals surface area contributed by atoms with Gasteiger partial charge in [-0.2, -0.15) is 0 Å². The van der Waals surface area contributed by atoms with Crippen LogP contribution in [0.15, 0.2) is 0 Å². The van der Waals surface area contributed by atoms with Crippen molar-refractivity contribution in [2.75, 3.05) is 34.3 Å². The first kappa shape index (κ1) is 14.1. The molecule has 3 nitrogen and oxygen atoms in total. The van der Waals surface area contributed by atoms with Crippen LogP contribution >= 0.6 is 8.69 Å². The van der Waals surface area contributed by atoms with E-state index in [9.17, 15) is 4.57 Å². The van der Waals surface area contributed by atoms with Crippen LogP contribution in [-0.2, 0) is 9.09 Å². The first-order chi connectivity index (χ1) is 4.06. The molecule has 0 aliphatic heterocycles. The molecule has 0 saturated heterocycles. The fourth-order valence-electron chi connectivity index (χ4n) is 0.352. The summed E-state index contributed by atoms with van der Waals surface area (Å²) in [6, 6.07) is 0. The van der Waals surface area contributed by atoms with E-state index < -0.39 is 0 Å². The molecule has 0 aromatic carbocycles. The van der Waals surface area contributed by atoms with Crippen LogP contribution < -0.4 is 0 Å². The van der Waals surface area contributed by atoms with Crippen molar-refractivity contribution >= 4 is 57.6 Å². The standard InChI is InChI=1S/C5H13NO2P.Ba.2H/c1-6(2,3)4-5-8-9-7;;;/h4-5H2,1-3H3;;;/q+1;;;. The van der Waals surface area contributed by atoms with Crippen LogP contribution in [0.25, 0.3) is 0 Å². The first-order valence-electron chi connectivity index (χ1n) is 2.81. The zero-order chi connectivity index (χ0) is 7.33. The Bertz CT molecular complexity index is 94.1. The van der Waals surface area contributed by atoms with Crippen molar-refractivity contribution < 1.29 is 13.6 Å². The Balaban J connectivity index is 0. The Morgan fingerprint density at radius 2 is 1.90 bits per heavy atom. The summed E-state index contributed by atoms with van der Waals surface area (Å²) in [4.78, 5) is 0. The Labute approximate surface area is 104 Å². The first-order valence-corrected chi connectivity index (χ1v) is 3.54. The van der Waals surface area contributed by atoms with Crippen molar-refractivity contribution in [3.63, 3.8) is 0 Å². The quantitative estimate of drug-likeness (QED) is 0.315. The molecule has 58 valence electrons. The van der Waals surface area contributed by atoms with E-state index in [1.807, 2.05) is 0 Å². The third-order valence-electron chi connectivity index (χ3n) is 0.906. The van der Waals surface area contributed by atoms with E-state index in [0.29, 0.717) is 6.61 Å². The van der Waals surface area contributed by atoms with Crippen molar-refractivity contribution in [3.05, 3.63) is 0 Å². The molecule has 0 aromatic heterocycles. The zero-order valence-corrected chi connectivity index (χ0v) is 7.02. The van der Waals surface area contributed by atoms with E-state index in [4.69, 9.17) is 0 Å². The second kappa shape index (κ2) is 7.25. The van der Waals surface area contributed by atoms with Gasteiger partial charge in [-0.25, -0.2) is 4.57 Å². The molecule has 0 aliphatic carbocycles. The Hall–Kier alpha value is 1.59. The topological polar surface area (TPSA) is 26.3 Å². The average molecular weight is 289 g/mol. The second-order valence-electron chi connectivity index (χ2n) is 2.92. The van der Waals surface area contributed by atoms with Crippen LogP contribution in [0.2, 0.25) is 0 Å². The minimum absolute atomic E-state index is 0. The second-order valence-corrected chi connectivity index (χ2v) is 3.33. The van der Waals surface area contributed by atoms with Crippen molar-refractivity contribution in [2.45, 2.75) is 0 Å². The van der Waals surface area contributed by atoms with E-state index in [0.717, 1.165) is 11.0 Å². The third-order valence-corrected chi connectivity index (χ3v) is 1.19. The summed E-state index contributed by atoms with van der Waals surface area (Å²) >= 11 is 0. The van der Waals surface area contributed by atoms with E-state index >= 15 is 0 Å². The molecule has 10 heavy (non-hydrogen) atoms. The number of likely N-dealkylation sites (N-methyl/N-ethyl adjacent to an activating group) is 1. The van der Waals surface area contributed by atoms with E-state index in [2.05, 4.69) is 25.7 Å². The maximum atomic E-state index is 9.76. The van der Waals surface area contributed by atoms with E-state index in [1.165, 1.54) is 0 Å².